The van der Waals surface area contributed by atoms with E-state index in [-0.39, 0.29) is 29.2 Å². The Morgan fingerprint density at radius 3 is 2.23 bits per heavy atom. The van der Waals surface area contributed by atoms with Crippen LogP contribution >= 0.6 is 23.1 Å². The van der Waals surface area contributed by atoms with Gasteiger partial charge >= 0.3 is 0 Å². The molecule has 3 N–H and O–H groups in total. The molecule has 1 heterocycles. The van der Waals surface area contributed by atoms with Gasteiger partial charge in [-0.25, -0.2) is 0 Å². The van der Waals surface area contributed by atoms with E-state index in [1.54, 1.807) is 19.1 Å². The highest BCUT2D eigenvalue weighted by atomic mass is 32.2. The van der Waals surface area contributed by atoms with Crippen LogP contribution in [0.15, 0.2) is 89.8 Å². The second-order valence-electron chi connectivity index (χ2n) is 10.4. The number of hydrogen-bond donors (Lipinski definition) is 3. The molecule has 1 aliphatic carbocycles. The van der Waals surface area contributed by atoms with Crippen LogP contribution in [0, 0.1) is 24.2 Å². The van der Waals surface area contributed by atoms with E-state index in [9.17, 15) is 19.6 Å². The first kappa shape index (κ1) is 30.1. The molecule has 5 rings (SSSR count). The number of nitrogens with one attached hydrogen (secondary N) is 3. The van der Waals surface area contributed by atoms with Crippen molar-refractivity contribution in [3.63, 3.8) is 0 Å². The fourth-order valence-electron chi connectivity index (χ4n) is 5.13. The molecular formula is C34H32N4O3S2. The van der Waals surface area contributed by atoms with Crippen molar-refractivity contribution >= 4 is 57.2 Å². The number of thiophene rings is 1. The molecule has 9 heteroatoms. The highest BCUT2D eigenvalue weighted by Gasteiger charge is 2.27. The maximum Gasteiger partial charge on any atom is 0.266 e. The minimum Gasteiger partial charge on any atom is -0.326 e. The monoisotopic (exact) mass is 608 g/mol. The zero-order valence-electron chi connectivity index (χ0n) is 23.8. The number of rotatable bonds is 9. The van der Waals surface area contributed by atoms with Crippen molar-refractivity contribution in [2.75, 3.05) is 16.0 Å². The third-order valence-corrected chi connectivity index (χ3v) is 9.86. The van der Waals surface area contributed by atoms with Crippen LogP contribution < -0.4 is 16.0 Å². The molecule has 0 aliphatic heterocycles. The number of amides is 3. The Hall–Kier alpha value is -4.39. The van der Waals surface area contributed by atoms with Gasteiger partial charge in [-0.1, -0.05) is 73.9 Å². The summed E-state index contributed by atoms with van der Waals surface area (Å²) in [6.07, 6.45) is 5.18. The third-order valence-electron chi connectivity index (χ3n) is 7.41. The van der Waals surface area contributed by atoms with Gasteiger partial charge in [0.15, 0.2) is 0 Å². The number of nitrogens with zero attached hydrogens (tertiary/aromatic N) is 1. The van der Waals surface area contributed by atoms with E-state index in [0.717, 1.165) is 47.5 Å². The second-order valence-corrected chi connectivity index (χ2v) is 12.6. The summed E-state index contributed by atoms with van der Waals surface area (Å²) in [4.78, 5) is 40.9. The Balaban J connectivity index is 1.36. The molecule has 0 saturated heterocycles. The SMILES string of the molecule is Cc1c(C(=O)Nc2ccccc2)sc(NC(=O)C(Sc2cccc(NC(=O)C3CCCCC3)c2)c2ccccc2)c1C#N. The maximum atomic E-state index is 13.8. The average molecular weight is 609 g/mol. The maximum absolute atomic E-state index is 13.8. The van der Waals surface area contributed by atoms with Gasteiger partial charge in [0, 0.05) is 22.2 Å². The van der Waals surface area contributed by atoms with Gasteiger partial charge in [-0.05, 0) is 61.2 Å². The van der Waals surface area contributed by atoms with E-state index >= 15 is 0 Å². The summed E-state index contributed by atoms with van der Waals surface area (Å²) >= 11 is 2.44. The molecule has 1 aromatic heterocycles. The lowest BCUT2D eigenvalue weighted by Crippen LogP contribution is -2.24. The van der Waals surface area contributed by atoms with Crippen LogP contribution in [0.3, 0.4) is 0 Å². The predicted molar refractivity (Wildman–Crippen MR) is 173 cm³/mol. The van der Waals surface area contributed by atoms with Crippen molar-refractivity contribution in [1.29, 1.82) is 5.26 Å². The lowest BCUT2D eigenvalue weighted by Gasteiger charge is -2.21. The summed E-state index contributed by atoms with van der Waals surface area (Å²) in [7, 11) is 0. The molecule has 1 unspecified atom stereocenters. The normalized spacial score (nSPS) is 13.9. The van der Waals surface area contributed by atoms with E-state index in [0.29, 0.717) is 26.8 Å². The van der Waals surface area contributed by atoms with Gasteiger partial charge in [-0.2, -0.15) is 5.26 Å². The Kier molecular flexibility index (Phi) is 9.92. The molecule has 4 aromatic rings. The molecule has 1 atom stereocenters. The molecule has 0 spiro atoms. The summed E-state index contributed by atoms with van der Waals surface area (Å²) in [5.41, 5.74) is 2.91. The molecule has 1 aliphatic rings. The predicted octanol–water partition coefficient (Wildman–Crippen LogP) is 8.17. The molecule has 43 heavy (non-hydrogen) atoms. The molecule has 3 aromatic carbocycles. The molecule has 1 fully saturated rings. The Morgan fingerprint density at radius 1 is 0.860 bits per heavy atom. The van der Waals surface area contributed by atoms with Crippen LogP contribution in [0.1, 0.15) is 63.7 Å². The fraction of sp³-hybridized carbons (Fsp3) is 0.235. The zero-order chi connectivity index (χ0) is 30.2. The quantitative estimate of drug-likeness (QED) is 0.166. The molecule has 1 saturated carbocycles. The number of carbonyl (C=O) groups is 3. The highest BCUT2D eigenvalue weighted by molar-refractivity contribution is 8.00. The Bertz CT molecular complexity index is 1640. The lowest BCUT2D eigenvalue weighted by molar-refractivity contribution is -0.120. The number of para-hydroxylation sites is 1. The van der Waals surface area contributed by atoms with Crippen LogP contribution in [-0.4, -0.2) is 17.7 Å². The van der Waals surface area contributed by atoms with Crippen LogP contribution in [0.2, 0.25) is 0 Å². The van der Waals surface area contributed by atoms with Crippen LogP contribution in [0.25, 0.3) is 0 Å². The first-order chi connectivity index (χ1) is 20.9. The number of anilines is 3. The standard InChI is InChI=1S/C34H32N4O3S2/c1-22-28(21-35)34(43-29(22)32(40)36-25-16-9-4-10-17-25)38-33(41)30(23-12-5-2-6-13-23)42-27-19-11-18-26(20-27)37-31(39)24-14-7-3-8-15-24/h2,4-6,9-13,16-20,24,30H,3,7-8,14-15H2,1H3,(H,36,40)(H,37,39)(H,38,41). The van der Waals surface area contributed by atoms with Gasteiger partial charge in [0.1, 0.15) is 16.3 Å². The molecule has 3 amide bonds. The van der Waals surface area contributed by atoms with Crippen LogP contribution in [0.4, 0.5) is 16.4 Å². The topological polar surface area (TPSA) is 111 Å². The average Bonchev–Trinajstić information content (AvgIpc) is 3.35. The van der Waals surface area contributed by atoms with Crippen LogP contribution in [-0.2, 0) is 9.59 Å². The Morgan fingerprint density at radius 2 is 1.53 bits per heavy atom. The number of nitriles is 1. The third kappa shape index (κ3) is 7.53. The minimum atomic E-state index is -0.652. The largest absolute Gasteiger partial charge is 0.326 e. The van der Waals surface area contributed by atoms with Gasteiger partial charge in [-0.15, -0.1) is 23.1 Å². The number of carbonyl (C=O) groups excluding carboxylic acids is 3. The van der Waals surface area contributed by atoms with E-state index in [2.05, 4.69) is 22.0 Å². The highest BCUT2D eigenvalue weighted by Crippen LogP contribution is 2.39. The molecule has 0 bridgehead atoms. The summed E-state index contributed by atoms with van der Waals surface area (Å²) in [5, 5.41) is 18.4. The van der Waals surface area contributed by atoms with Crippen molar-refractivity contribution in [3.8, 4) is 6.07 Å². The van der Waals surface area contributed by atoms with E-state index in [4.69, 9.17) is 0 Å². The minimum absolute atomic E-state index is 0.0381. The summed E-state index contributed by atoms with van der Waals surface area (Å²) in [6, 6.07) is 28.2. The summed E-state index contributed by atoms with van der Waals surface area (Å²) in [5.74, 6) is -0.577. The van der Waals surface area contributed by atoms with Gasteiger partial charge in [0.2, 0.25) is 11.8 Å². The van der Waals surface area contributed by atoms with E-state index in [1.807, 2.05) is 72.8 Å². The second kappa shape index (κ2) is 14.2. The first-order valence-corrected chi connectivity index (χ1v) is 16.0. The Labute approximate surface area is 259 Å². The number of hydrogen-bond acceptors (Lipinski definition) is 6. The van der Waals surface area contributed by atoms with Gasteiger partial charge in [-0.3, -0.25) is 14.4 Å². The fourth-order valence-corrected chi connectivity index (χ4v) is 7.27. The first-order valence-electron chi connectivity index (χ1n) is 14.3. The number of thioether (sulfide) groups is 1. The van der Waals surface area contributed by atoms with Gasteiger partial charge < -0.3 is 16.0 Å². The smallest absolute Gasteiger partial charge is 0.266 e. The molecule has 0 radical (unpaired) electrons. The van der Waals surface area contributed by atoms with E-state index in [1.165, 1.54) is 18.2 Å². The summed E-state index contributed by atoms with van der Waals surface area (Å²) in [6.45, 7) is 1.71. The van der Waals surface area contributed by atoms with E-state index < -0.39 is 5.25 Å². The van der Waals surface area contributed by atoms with Crippen molar-refractivity contribution < 1.29 is 14.4 Å². The molecular weight excluding hydrogens is 577 g/mol. The van der Waals surface area contributed by atoms with Gasteiger partial charge in [0.05, 0.1) is 10.4 Å². The van der Waals surface area contributed by atoms with Crippen molar-refractivity contribution in [1.82, 2.24) is 0 Å². The van der Waals surface area contributed by atoms with Crippen molar-refractivity contribution in [2.24, 2.45) is 5.92 Å². The van der Waals surface area contributed by atoms with Crippen molar-refractivity contribution in [3.05, 3.63) is 106 Å². The summed E-state index contributed by atoms with van der Waals surface area (Å²) < 4.78 is 0. The zero-order valence-corrected chi connectivity index (χ0v) is 25.4. The molecule has 7 nitrogen and oxygen atoms in total. The van der Waals surface area contributed by atoms with Crippen LogP contribution in [0.5, 0.6) is 0 Å². The lowest BCUT2D eigenvalue weighted by atomic mass is 9.88. The van der Waals surface area contributed by atoms with Crippen molar-refractivity contribution in [2.45, 2.75) is 49.2 Å². The number of benzene rings is 3. The molecule has 218 valence electrons. The van der Waals surface area contributed by atoms with Gasteiger partial charge in [0.25, 0.3) is 5.91 Å².